The highest BCUT2D eigenvalue weighted by Gasteiger charge is 2.44. The first-order valence-corrected chi connectivity index (χ1v) is 8.16. The van der Waals surface area contributed by atoms with Crippen molar-refractivity contribution in [3.8, 4) is 11.8 Å². The minimum absolute atomic E-state index is 0.183. The molecule has 0 bridgehead atoms. The van der Waals surface area contributed by atoms with Gasteiger partial charge >= 0.3 is 0 Å². The van der Waals surface area contributed by atoms with E-state index in [9.17, 15) is 9.90 Å². The maximum absolute atomic E-state index is 12.6. The molecule has 8 nitrogen and oxygen atoms in total. The summed E-state index contributed by atoms with van der Waals surface area (Å²) in [6.45, 7) is 1.71. The quantitative estimate of drug-likeness (QED) is 0.865. The van der Waals surface area contributed by atoms with Crippen LogP contribution in [0.5, 0.6) is 11.8 Å². The largest absolute Gasteiger partial charge is 0.477 e. The van der Waals surface area contributed by atoms with Crippen molar-refractivity contribution in [1.29, 1.82) is 0 Å². The van der Waals surface area contributed by atoms with Crippen molar-refractivity contribution in [2.45, 2.75) is 37.4 Å². The highest BCUT2D eigenvalue weighted by molar-refractivity contribution is 5.92. The van der Waals surface area contributed by atoms with Crippen LogP contribution in [0.15, 0.2) is 6.20 Å². The van der Waals surface area contributed by atoms with Crippen LogP contribution in [0, 0.1) is 0 Å². The van der Waals surface area contributed by atoms with Gasteiger partial charge in [0.1, 0.15) is 0 Å². The van der Waals surface area contributed by atoms with Gasteiger partial charge in [-0.05, 0) is 25.7 Å². The lowest BCUT2D eigenvalue weighted by Crippen LogP contribution is -2.56. The van der Waals surface area contributed by atoms with Gasteiger partial charge in [0.15, 0.2) is 5.69 Å². The number of aromatic nitrogens is 2. The van der Waals surface area contributed by atoms with Crippen molar-refractivity contribution in [3.05, 3.63) is 11.9 Å². The summed E-state index contributed by atoms with van der Waals surface area (Å²) in [7, 11) is 2.92. The number of methoxy groups -OCH3 is 2. The summed E-state index contributed by atoms with van der Waals surface area (Å²) in [6.07, 6.45) is 3.83. The number of aliphatic hydroxyl groups excluding tert-OH is 1. The molecule has 0 radical (unpaired) electrons. The van der Waals surface area contributed by atoms with Crippen LogP contribution in [0.25, 0.3) is 0 Å². The van der Waals surface area contributed by atoms with E-state index in [0.29, 0.717) is 32.5 Å². The molecular formula is C16H23N3O5. The predicted octanol–water partition coefficient (Wildman–Crippen LogP) is 0.640. The van der Waals surface area contributed by atoms with Gasteiger partial charge in [-0.3, -0.25) is 4.79 Å². The van der Waals surface area contributed by atoms with Gasteiger partial charge in [-0.2, -0.15) is 0 Å². The average Bonchev–Trinajstić information content (AvgIpc) is 2.63. The number of amides is 1. The third-order valence-electron chi connectivity index (χ3n) is 4.83. The van der Waals surface area contributed by atoms with E-state index in [1.54, 1.807) is 4.90 Å². The Morgan fingerprint density at radius 3 is 2.67 bits per heavy atom. The van der Waals surface area contributed by atoms with Gasteiger partial charge in [0.2, 0.25) is 0 Å². The molecule has 1 aromatic rings. The van der Waals surface area contributed by atoms with Gasteiger partial charge in [0.25, 0.3) is 17.7 Å². The van der Waals surface area contributed by atoms with E-state index < -0.39 is 11.7 Å². The number of carbonyl (C=O) groups excluding carboxylic acids is 1. The standard InChI is InChI=1S/C16H23N3O5/c1-22-13-14(23-2)18-11(10-17-13)15(21)19-7-5-16(6-8-19)12(20)4-3-9-24-16/h10,12,20H,3-9H2,1-2H3/t12-/m0/s1. The number of ether oxygens (including phenoxy) is 3. The summed E-state index contributed by atoms with van der Waals surface area (Å²) in [5.41, 5.74) is -0.285. The summed E-state index contributed by atoms with van der Waals surface area (Å²) < 4.78 is 16.0. The number of hydrogen-bond donors (Lipinski definition) is 1. The highest BCUT2D eigenvalue weighted by Crippen LogP contribution is 2.35. The van der Waals surface area contributed by atoms with Crippen molar-refractivity contribution in [1.82, 2.24) is 14.9 Å². The molecular weight excluding hydrogens is 314 g/mol. The summed E-state index contributed by atoms with van der Waals surface area (Å²) in [5.74, 6) is 0.219. The average molecular weight is 337 g/mol. The number of hydrogen-bond acceptors (Lipinski definition) is 7. The second kappa shape index (κ2) is 6.90. The molecule has 24 heavy (non-hydrogen) atoms. The van der Waals surface area contributed by atoms with Crippen LogP contribution in [0.4, 0.5) is 0 Å². The van der Waals surface area contributed by atoms with Crippen molar-refractivity contribution >= 4 is 5.91 Å². The van der Waals surface area contributed by atoms with Crippen LogP contribution in [0.1, 0.15) is 36.2 Å². The van der Waals surface area contributed by atoms with Gasteiger partial charge in [-0.15, -0.1) is 0 Å². The molecule has 2 fully saturated rings. The second-order valence-corrected chi connectivity index (χ2v) is 6.14. The van der Waals surface area contributed by atoms with Crippen molar-refractivity contribution in [2.75, 3.05) is 33.9 Å². The van der Waals surface area contributed by atoms with E-state index in [-0.39, 0.29) is 23.4 Å². The molecule has 0 unspecified atom stereocenters. The predicted molar refractivity (Wildman–Crippen MR) is 84.2 cm³/mol. The molecule has 8 heteroatoms. The monoisotopic (exact) mass is 337 g/mol. The van der Waals surface area contributed by atoms with Crippen LogP contribution in [-0.2, 0) is 4.74 Å². The van der Waals surface area contributed by atoms with Gasteiger partial charge < -0.3 is 24.2 Å². The molecule has 2 aliphatic rings. The molecule has 3 rings (SSSR count). The first-order valence-electron chi connectivity index (χ1n) is 8.16. The Balaban J connectivity index is 1.69. The zero-order valence-corrected chi connectivity index (χ0v) is 14.0. The Bertz CT molecular complexity index is 601. The minimum atomic E-state index is -0.502. The summed E-state index contributed by atoms with van der Waals surface area (Å²) >= 11 is 0. The fourth-order valence-corrected chi connectivity index (χ4v) is 3.38. The van der Waals surface area contributed by atoms with Gasteiger partial charge in [0.05, 0.1) is 32.1 Å². The Morgan fingerprint density at radius 1 is 1.33 bits per heavy atom. The summed E-state index contributed by atoms with van der Waals surface area (Å²) in [5, 5.41) is 10.3. The zero-order valence-electron chi connectivity index (χ0n) is 14.0. The highest BCUT2D eigenvalue weighted by atomic mass is 16.5. The van der Waals surface area contributed by atoms with E-state index in [2.05, 4.69) is 9.97 Å². The molecule has 3 heterocycles. The Kier molecular flexibility index (Phi) is 4.86. The van der Waals surface area contributed by atoms with Crippen molar-refractivity contribution in [2.24, 2.45) is 0 Å². The molecule has 0 aromatic carbocycles. The van der Waals surface area contributed by atoms with E-state index in [1.807, 2.05) is 0 Å². The van der Waals surface area contributed by atoms with Gasteiger partial charge in [-0.1, -0.05) is 0 Å². The SMILES string of the molecule is COc1ncc(C(=O)N2CCC3(CC2)OCCC[C@@H]3O)nc1OC. The van der Waals surface area contributed by atoms with Crippen LogP contribution in [0.2, 0.25) is 0 Å². The number of carbonyl (C=O) groups is 1. The number of aliphatic hydroxyl groups is 1. The second-order valence-electron chi connectivity index (χ2n) is 6.14. The van der Waals surface area contributed by atoms with Crippen molar-refractivity contribution < 1.29 is 24.1 Å². The maximum Gasteiger partial charge on any atom is 0.278 e. The third kappa shape index (κ3) is 3.03. The van der Waals surface area contributed by atoms with E-state index in [0.717, 1.165) is 12.8 Å². The van der Waals surface area contributed by atoms with Crippen LogP contribution >= 0.6 is 0 Å². The normalized spacial score (nSPS) is 23.1. The first-order chi connectivity index (χ1) is 11.6. The van der Waals surface area contributed by atoms with Crippen LogP contribution in [-0.4, -0.2) is 71.5 Å². The molecule has 1 N–H and O–H groups in total. The lowest BCUT2D eigenvalue weighted by atomic mass is 9.82. The number of rotatable bonds is 3. The topological polar surface area (TPSA) is 94.0 Å². The molecule has 1 amide bonds. The maximum atomic E-state index is 12.6. The van der Waals surface area contributed by atoms with Crippen LogP contribution < -0.4 is 9.47 Å². The molecule has 1 spiro atoms. The van der Waals surface area contributed by atoms with Gasteiger partial charge in [0, 0.05) is 19.7 Å². The molecule has 132 valence electrons. The number of piperidine rings is 1. The lowest BCUT2D eigenvalue weighted by molar-refractivity contribution is -0.174. The Hall–Kier alpha value is -1.93. The molecule has 0 aliphatic carbocycles. The molecule has 2 aliphatic heterocycles. The fraction of sp³-hybridized carbons (Fsp3) is 0.688. The number of likely N-dealkylation sites (tertiary alicyclic amines) is 1. The summed E-state index contributed by atoms with van der Waals surface area (Å²) in [6, 6.07) is 0. The van der Waals surface area contributed by atoms with Gasteiger partial charge in [-0.25, -0.2) is 9.97 Å². The molecule has 2 saturated heterocycles. The third-order valence-corrected chi connectivity index (χ3v) is 4.83. The molecule has 1 atom stereocenters. The summed E-state index contributed by atoms with van der Waals surface area (Å²) in [4.78, 5) is 22.6. The first kappa shape index (κ1) is 16.9. The minimum Gasteiger partial charge on any atom is -0.477 e. The lowest BCUT2D eigenvalue weighted by Gasteiger charge is -2.46. The smallest absolute Gasteiger partial charge is 0.278 e. The van der Waals surface area contributed by atoms with E-state index in [1.165, 1.54) is 20.4 Å². The van der Waals surface area contributed by atoms with E-state index >= 15 is 0 Å². The Labute approximate surface area is 140 Å². The molecule has 1 aromatic heterocycles. The molecule has 0 saturated carbocycles. The number of nitrogens with zero attached hydrogens (tertiary/aromatic N) is 3. The van der Waals surface area contributed by atoms with Crippen molar-refractivity contribution in [3.63, 3.8) is 0 Å². The Morgan fingerprint density at radius 2 is 2.04 bits per heavy atom. The zero-order chi connectivity index (χ0) is 17.2. The van der Waals surface area contributed by atoms with E-state index in [4.69, 9.17) is 14.2 Å². The van der Waals surface area contributed by atoms with Crippen LogP contribution in [0.3, 0.4) is 0 Å². The fourth-order valence-electron chi connectivity index (χ4n) is 3.38.